The van der Waals surface area contributed by atoms with E-state index in [1.165, 1.54) is 17.8 Å². The number of imidazole rings is 1. The van der Waals surface area contributed by atoms with E-state index in [0.717, 1.165) is 0 Å². The summed E-state index contributed by atoms with van der Waals surface area (Å²) < 4.78 is 6.76. The van der Waals surface area contributed by atoms with Crippen molar-refractivity contribution in [1.29, 1.82) is 0 Å². The SMILES string of the molecule is CC.CC(O)C1O[C@@H](n2cnc3c(=O)[nH]c(N)nc32)[C@H](O)[C@@H]1O. The topological polar surface area (TPSA) is 160 Å². The highest BCUT2D eigenvalue weighted by Crippen LogP contribution is 2.32. The summed E-state index contributed by atoms with van der Waals surface area (Å²) in [6, 6.07) is 0. The average molecular weight is 327 g/mol. The second-order valence-electron chi connectivity index (χ2n) is 4.99. The lowest BCUT2D eigenvalue weighted by Gasteiger charge is -2.17. The Bertz CT molecular complexity index is 727. The first-order valence-electron chi connectivity index (χ1n) is 7.32. The molecule has 0 aliphatic carbocycles. The van der Waals surface area contributed by atoms with Crippen LogP contribution in [0.15, 0.2) is 11.1 Å². The van der Waals surface area contributed by atoms with Crippen molar-refractivity contribution >= 4 is 17.1 Å². The number of fused-ring (bicyclic) bond motifs is 1. The number of hydrogen-bond acceptors (Lipinski definition) is 8. The third-order valence-corrected chi connectivity index (χ3v) is 3.48. The van der Waals surface area contributed by atoms with Gasteiger partial charge in [-0.05, 0) is 6.92 Å². The maximum Gasteiger partial charge on any atom is 0.280 e. The molecule has 2 unspecified atom stereocenters. The van der Waals surface area contributed by atoms with Crippen LogP contribution >= 0.6 is 0 Å². The molecule has 5 atom stereocenters. The fourth-order valence-electron chi connectivity index (χ4n) is 2.44. The van der Waals surface area contributed by atoms with E-state index in [1.54, 1.807) is 0 Å². The Morgan fingerprint density at radius 2 is 2.04 bits per heavy atom. The number of anilines is 1. The molecule has 0 spiro atoms. The Morgan fingerprint density at radius 3 is 2.61 bits per heavy atom. The molecule has 10 heteroatoms. The molecule has 128 valence electrons. The summed E-state index contributed by atoms with van der Waals surface area (Å²) >= 11 is 0. The van der Waals surface area contributed by atoms with Crippen LogP contribution in [0.3, 0.4) is 0 Å². The molecule has 0 saturated carbocycles. The summed E-state index contributed by atoms with van der Waals surface area (Å²) in [5.74, 6) is -0.102. The molecule has 0 amide bonds. The van der Waals surface area contributed by atoms with Gasteiger partial charge in [-0.15, -0.1) is 0 Å². The average Bonchev–Trinajstić information content (AvgIpc) is 3.04. The van der Waals surface area contributed by atoms with Crippen LogP contribution in [0.4, 0.5) is 5.95 Å². The van der Waals surface area contributed by atoms with Gasteiger partial charge in [0.25, 0.3) is 5.56 Å². The van der Waals surface area contributed by atoms with Gasteiger partial charge in [-0.25, -0.2) is 4.98 Å². The summed E-state index contributed by atoms with van der Waals surface area (Å²) in [7, 11) is 0. The van der Waals surface area contributed by atoms with Crippen LogP contribution in [0.25, 0.3) is 11.2 Å². The van der Waals surface area contributed by atoms with E-state index in [1.807, 2.05) is 13.8 Å². The molecule has 3 heterocycles. The van der Waals surface area contributed by atoms with Gasteiger partial charge in [0.15, 0.2) is 17.4 Å². The Balaban J connectivity index is 0.000000924. The molecular formula is C13H21N5O5. The van der Waals surface area contributed by atoms with Crippen LogP contribution in [0.1, 0.15) is 27.0 Å². The highest BCUT2D eigenvalue weighted by molar-refractivity contribution is 5.70. The molecule has 0 aromatic carbocycles. The Morgan fingerprint density at radius 1 is 1.39 bits per heavy atom. The largest absolute Gasteiger partial charge is 0.391 e. The lowest BCUT2D eigenvalue weighted by atomic mass is 10.1. The number of nitrogens with zero attached hydrogens (tertiary/aromatic N) is 3. The van der Waals surface area contributed by atoms with Crippen LogP contribution < -0.4 is 11.3 Å². The number of aromatic amines is 1. The minimum absolute atomic E-state index is 0.0370. The number of nitrogens with one attached hydrogen (secondary N) is 1. The molecule has 1 fully saturated rings. The van der Waals surface area contributed by atoms with Crippen molar-refractivity contribution < 1.29 is 20.1 Å². The summed E-state index contributed by atoms with van der Waals surface area (Å²) in [4.78, 5) is 21.9. The first kappa shape index (κ1) is 17.3. The van der Waals surface area contributed by atoms with Crippen LogP contribution in [0.2, 0.25) is 0 Å². The van der Waals surface area contributed by atoms with E-state index in [4.69, 9.17) is 10.5 Å². The van der Waals surface area contributed by atoms with Crippen molar-refractivity contribution in [3.63, 3.8) is 0 Å². The minimum Gasteiger partial charge on any atom is -0.391 e. The zero-order valence-corrected chi connectivity index (χ0v) is 13.0. The van der Waals surface area contributed by atoms with E-state index in [0.29, 0.717) is 0 Å². The van der Waals surface area contributed by atoms with Crippen molar-refractivity contribution in [3.05, 3.63) is 16.7 Å². The van der Waals surface area contributed by atoms with Gasteiger partial charge in [0, 0.05) is 0 Å². The number of hydrogen-bond donors (Lipinski definition) is 5. The first-order valence-corrected chi connectivity index (χ1v) is 7.32. The smallest absolute Gasteiger partial charge is 0.280 e. The second kappa shape index (κ2) is 6.62. The summed E-state index contributed by atoms with van der Waals surface area (Å²) in [5.41, 5.74) is 5.13. The monoisotopic (exact) mass is 327 g/mol. The third kappa shape index (κ3) is 2.93. The molecule has 2 aromatic rings. The van der Waals surface area contributed by atoms with E-state index in [-0.39, 0.29) is 17.1 Å². The standard InChI is InChI=1S/C11H15N5O5.C2H6/c1-3(17)7-5(18)6(19)10(21-7)16-2-13-4-8(16)14-11(12)15-9(4)20;1-2/h2-3,5-7,10,17-19H,1H3,(H3,12,14,15,20);1-2H3/t3?,5-,6+,7?,10+;/m0./s1. The normalized spacial score (nSPS) is 28.4. The number of aromatic nitrogens is 4. The molecule has 10 nitrogen and oxygen atoms in total. The quantitative estimate of drug-likeness (QED) is 0.456. The van der Waals surface area contributed by atoms with Gasteiger partial charge in [-0.2, -0.15) is 4.98 Å². The molecule has 1 aliphatic rings. The van der Waals surface area contributed by atoms with E-state index in [2.05, 4.69) is 15.0 Å². The summed E-state index contributed by atoms with van der Waals surface area (Å²) in [6.07, 6.45) is -4.27. The Kier molecular flexibility index (Phi) is 5.00. The molecule has 3 rings (SSSR count). The molecule has 1 aliphatic heterocycles. The second-order valence-corrected chi connectivity index (χ2v) is 4.99. The molecule has 1 saturated heterocycles. The van der Waals surface area contributed by atoms with Gasteiger partial charge in [0.2, 0.25) is 5.95 Å². The van der Waals surface area contributed by atoms with Crippen molar-refractivity contribution in [3.8, 4) is 0 Å². The molecule has 0 radical (unpaired) electrons. The van der Waals surface area contributed by atoms with Gasteiger partial charge in [-0.1, -0.05) is 13.8 Å². The molecule has 6 N–H and O–H groups in total. The zero-order chi connectivity index (χ0) is 17.3. The predicted octanol–water partition coefficient (Wildman–Crippen LogP) is -1.27. The van der Waals surface area contributed by atoms with Gasteiger partial charge >= 0.3 is 0 Å². The van der Waals surface area contributed by atoms with Gasteiger partial charge in [-0.3, -0.25) is 14.3 Å². The van der Waals surface area contributed by atoms with E-state index in [9.17, 15) is 20.1 Å². The molecule has 0 bridgehead atoms. The summed E-state index contributed by atoms with van der Waals surface area (Å²) in [5, 5.41) is 29.5. The third-order valence-electron chi connectivity index (χ3n) is 3.48. The fourth-order valence-corrected chi connectivity index (χ4v) is 2.44. The van der Waals surface area contributed by atoms with Crippen molar-refractivity contribution in [1.82, 2.24) is 19.5 Å². The van der Waals surface area contributed by atoms with Crippen LogP contribution in [0.5, 0.6) is 0 Å². The highest BCUT2D eigenvalue weighted by atomic mass is 16.6. The first-order chi connectivity index (χ1) is 10.9. The number of ether oxygens (including phenoxy) is 1. The number of H-pyrrole nitrogens is 1. The van der Waals surface area contributed by atoms with Gasteiger partial charge in [0.05, 0.1) is 12.4 Å². The number of aliphatic hydroxyl groups is 3. The predicted molar refractivity (Wildman–Crippen MR) is 81.5 cm³/mol. The van der Waals surface area contributed by atoms with Gasteiger partial charge in [0.1, 0.15) is 18.3 Å². The number of nitrogen functional groups attached to an aromatic ring is 1. The maximum absolute atomic E-state index is 11.7. The molecular weight excluding hydrogens is 306 g/mol. The Hall–Kier alpha value is -2.01. The summed E-state index contributed by atoms with van der Waals surface area (Å²) in [6.45, 7) is 5.44. The molecule has 2 aromatic heterocycles. The van der Waals surface area contributed by atoms with Crippen LogP contribution in [0, 0.1) is 0 Å². The van der Waals surface area contributed by atoms with Crippen molar-refractivity contribution in [2.75, 3.05) is 5.73 Å². The van der Waals surface area contributed by atoms with Crippen LogP contribution in [-0.2, 0) is 4.74 Å². The highest BCUT2D eigenvalue weighted by Gasteiger charge is 2.46. The lowest BCUT2D eigenvalue weighted by Crippen LogP contribution is -2.37. The van der Waals surface area contributed by atoms with E-state index < -0.39 is 36.2 Å². The number of aliphatic hydroxyl groups excluding tert-OH is 3. The van der Waals surface area contributed by atoms with Crippen LogP contribution in [-0.4, -0.2) is 59.3 Å². The maximum atomic E-state index is 11.7. The number of nitrogens with two attached hydrogens (primary N) is 1. The molecule has 23 heavy (non-hydrogen) atoms. The van der Waals surface area contributed by atoms with Crippen molar-refractivity contribution in [2.45, 2.75) is 51.4 Å². The van der Waals surface area contributed by atoms with Crippen molar-refractivity contribution in [2.24, 2.45) is 0 Å². The fraction of sp³-hybridized carbons (Fsp3) is 0.615. The zero-order valence-electron chi connectivity index (χ0n) is 13.0. The lowest BCUT2D eigenvalue weighted by molar-refractivity contribution is -0.0777. The Labute approximate surface area is 131 Å². The minimum atomic E-state index is -1.30. The van der Waals surface area contributed by atoms with Gasteiger partial charge < -0.3 is 25.8 Å². The number of rotatable bonds is 2. The van der Waals surface area contributed by atoms with E-state index >= 15 is 0 Å².